The van der Waals surface area contributed by atoms with Crippen LogP contribution >= 0.6 is 0 Å². The van der Waals surface area contributed by atoms with E-state index in [9.17, 15) is 4.79 Å². The third kappa shape index (κ3) is 2.06. The Kier molecular flexibility index (Phi) is 3.06. The number of carbonyl (C=O) groups excluding carboxylic acids is 1. The van der Waals surface area contributed by atoms with Crippen LogP contribution < -0.4 is 0 Å². The van der Waals surface area contributed by atoms with Gasteiger partial charge in [0.25, 0.3) is 5.91 Å². The van der Waals surface area contributed by atoms with Gasteiger partial charge in [-0.3, -0.25) is 14.3 Å². The SMILES string of the molecule is CN(C)C(=O)c1cc(-n2ccnc2C#N)ccn1. The third-order valence-electron chi connectivity index (χ3n) is 2.39. The summed E-state index contributed by atoms with van der Waals surface area (Å²) >= 11 is 0. The van der Waals surface area contributed by atoms with Crippen molar-refractivity contribution in [1.29, 1.82) is 5.26 Å². The number of hydrogen-bond acceptors (Lipinski definition) is 4. The summed E-state index contributed by atoms with van der Waals surface area (Å²) in [5, 5.41) is 8.91. The second-order valence-corrected chi connectivity index (χ2v) is 3.83. The highest BCUT2D eigenvalue weighted by Gasteiger charge is 2.11. The number of carbonyl (C=O) groups is 1. The molecular weight excluding hydrogens is 230 g/mol. The van der Waals surface area contributed by atoms with Crippen LogP contribution in [0.3, 0.4) is 0 Å². The highest BCUT2D eigenvalue weighted by atomic mass is 16.2. The average Bonchev–Trinajstić information content (AvgIpc) is 2.86. The van der Waals surface area contributed by atoms with Gasteiger partial charge in [-0.1, -0.05) is 0 Å². The van der Waals surface area contributed by atoms with E-state index >= 15 is 0 Å². The Balaban J connectivity index is 2.46. The fourth-order valence-electron chi connectivity index (χ4n) is 1.51. The van der Waals surface area contributed by atoms with Crippen LogP contribution in [0.4, 0.5) is 0 Å². The number of nitriles is 1. The van der Waals surface area contributed by atoms with E-state index in [1.807, 2.05) is 6.07 Å². The lowest BCUT2D eigenvalue weighted by atomic mass is 10.3. The predicted octanol–water partition coefficient (Wildman–Crippen LogP) is 0.841. The van der Waals surface area contributed by atoms with Gasteiger partial charge in [0.1, 0.15) is 11.8 Å². The fourth-order valence-corrected chi connectivity index (χ4v) is 1.51. The van der Waals surface area contributed by atoms with Crippen molar-refractivity contribution in [3.05, 3.63) is 42.2 Å². The lowest BCUT2D eigenvalue weighted by molar-refractivity contribution is 0.0822. The predicted molar refractivity (Wildman–Crippen MR) is 64.1 cm³/mol. The topological polar surface area (TPSA) is 74.8 Å². The minimum absolute atomic E-state index is 0.185. The van der Waals surface area contributed by atoms with E-state index in [4.69, 9.17) is 5.26 Å². The smallest absolute Gasteiger partial charge is 0.272 e. The zero-order valence-electron chi connectivity index (χ0n) is 10.0. The summed E-state index contributed by atoms with van der Waals surface area (Å²) in [5.41, 5.74) is 1.01. The molecule has 0 aliphatic rings. The van der Waals surface area contributed by atoms with Crippen LogP contribution in [-0.2, 0) is 0 Å². The maximum absolute atomic E-state index is 11.8. The number of hydrogen-bond donors (Lipinski definition) is 0. The van der Waals surface area contributed by atoms with Gasteiger partial charge in [-0.25, -0.2) is 4.98 Å². The molecule has 2 heterocycles. The van der Waals surface area contributed by atoms with Crippen LogP contribution in [-0.4, -0.2) is 39.4 Å². The Labute approximate surface area is 104 Å². The molecule has 0 saturated carbocycles. The molecule has 0 fully saturated rings. The van der Waals surface area contributed by atoms with Crippen molar-refractivity contribution in [1.82, 2.24) is 19.4 Å². The highest BCUT2D eigenvalue weighted by Crippen LogP contribution is 2.11. The molecule has 2 aromatic rings. The van der Waals surface area contributed by atoms with Gasteiger partial charge >= 0.3 is 0 Å². The largest absolute Gasteiger partial charge is 0.343 e. The van der Waals surface area contributed by atoms with Gasteiger partial charge in [-0.05, 0) is 12.1 Å². The molecule has 0 radical (unpaired) electrons. The zero-order chi connectivity index (χ0) is 13.1. The molecule has 6 heteroatoms. The summed E-state index contributed by atoms with van der Waals surface area (Å²) in [6.45, 7) is 0. The molecular formula is C12H11N5O. The van der Waals surface area contributed by atoms with Crippen molar-refractivity contribution in [2.45, 2.75) is 0 Å². The van der Waals surface area contributed by atoms with Crippen LogP contribution in [0.2, 0.25) is 0 Å². The average molecular weight is 241 g/mol. The Bertz CT molecular complexity index is 623. The van der Waals surface area contributed by atoms with Crippen LogP contribution in [0.1, 0.15) is 16.3 Å². The number of nitrogens with zero attached hydrogens (tertiary/aromatic N) is 5. The van der Waals surface area contributed by atoms with Crippen molar-refractivity contribution in [2.75, 3.05) is 14.1 Å². The summed E-state index contributed by atoms with van der Waals surface area (Å²) in [5.74, 6) is 0.0833. The first-order chi connectivity index (χ1) is 8.63. The minimum Gasteiger partial charge on any atom is -0.343 e. The van der Waals surface area contributed by atoms with E-state index in [2.05, 4.69) is 9.97 Å². The lowest BCUT2D eigenvalue weighted by Crippen LogP contribution is -2.22. The van der Waals surface area contributed by atoms with Gasteiger partial charge in [0.15, 0.2) is 0 Å². The van der Waals surface area contributed by atoms with Crippen molar-refractivity contribution < 1.29 is 4.79 Å². The molecule has 0 aliphatic heterocycles. The standard InChI is InChI=1S/C12H11N5O/c1-16(2)12(18)10-7-9(3-4-14-10)17-6-5-15-11(17)8-13/h3-7H,1-2H3. The first-order valence-electron chi connectivity index (χ1n) is 5.25. The minimum atomic E-state index is -0.185. The molecule has 0 aliphatic carbocycles. The molecule has 0 aromatic carbocycles. The molecule has 0 bridgehead atoms. The number of amides is 1. The molecule has 18 heavy (non-hydrogen) atoms. The Hall–Kier alpha value is -2.68. The molecule has 90 valence electrons. The first-order valence-corrected chi connectivity index (χ1v) is 5.25. The van der Waals surface area contributed by atoms with Crippen LogP contribution in [0.25, 0.3) is 5.69 Å². The molecule has 0 N–H and O–H groups in total. The highest BCUT2D eigenvalue weighted by molar-refractivity contribution is 5.92. The Morgan fingerprint density at radius 1 is 1.39 bits per heavy atom. The molecule has 6 nitrogen and oxygen atoms in total. The first kappa shape index (κ1) is 11.8. The van der Waals surface area contributed by atoms with Gasteiger partial charge in [-0.15, -0.1) is 0 Å². The van der Waals surface area contributed by atoms with E-state index in [1.54, 1.807) is 37.0 Å². The number of rotatable bonds is 2. The summed E-state index contributed by atoms with van der Waals surface area (Å²) in [7, 11) is 3.32. The number of imidazole rings is 1. The lowest BCUT2D eigenvalue weighted by Gasteiger charge is -2.10. The third-order valence-corrected chi connectivity index (χ3v) is 2.39. The monoisotopic (exact) mass is 241 g/mol. The van der Waals surface area contributed by atoms with Gasteiger partial charge in [-0.2, -0.15) is 5.26 Å². The van der Waals surface area contributed by atoms with E-state index in [-0.39, 0.29) is 11.7 Å². The second-order valence-electron chi connectivity index (χ2n) is 3.83. The molecule has 0 spiro atoms. The Morgan fingerprint density at radius 3 is 2.83 bits per heavy atom. The van der Waals surface area contributed by atoms with E-state index in [1.165, 1.54) is 17.3 Å². The quantitative estimate of drug-likeness (QED) is 0.780. The summed E-state index contributed by atoms with van der Waals surface area (Å²) in [4.78, 5) is 21.2. The van der Waals surface area contributed by atoms with E-state index < -0.39 is 0 Å². The van der Waals surface area contributed by atoms with Crippen molar-refractivity contribution >= 4 is 5.91 Å². The van der Waals surface area contributed by atoms with Crippen LogP contribution in [0, 0.1) is 11.3 Å². The molecule has 0 saturated heterocycles. The van der Waals surface area contributed by atoms with Crippen molar-refractivity contribution in [3.8, 4) is 11.8 Å². The molecule has 1 amide bonds. The van der Waals surface area contributed by atoms with Crippen LogP contribution in [0.5, 0.6) is 0 Å². The van der Waals surface area contributed by atoms with Crippen molar-refractivity contribution in [2.24, 2.45) is 0 Å². The van der Waals surface area contributed by atoms with Gasteiger partial charge < -0.3 is 4.90 Å². The summed E-state index contributed by atoms with van der Waals surface area (Å²) < 4.78 is 1.61. The molecule has 0 atom stereocenters. The summed E-state index contributed by atoms with van der Waals surface area (Å²) in [6, 6.07) is 5.33. The normalized spacial score (nSPS) is 9.83. The second kappa shape index (κ2) is 4.67. The maximum atomic E-state index is 11.8. The van der Waals surface area contributed by atoms with E-state index in [0.717, 1.165) is 0 Å². The van der Waals surface area contributed by atoms with Gasteiger partial charge in [0.05, 0.1) is 5.69 Å². The fraction of sp³-hybridized carbons (Fsp3) is 0.167. The number of pyridine rings is 1. The zero-order valence-corrected chi connectivity index (χ0v) is 10.0. The van der Waals surface area contributed by atoms with Gasteiger partial charge in [0.2, 0.25) is 5.82 Å². The number of aromatic nitrogens is 3. The van der Waals surface area contributed by atoms with Crippen molar-refractivity contribution in [3.63, 3.8) is 0 Å². The molecule has 2 rings (SSSR count). The van der Waals surface area contributed by atoms with E-state index in [0.29, 0.717) is 11.4 Å². The van der Waals surface area contributed by atoms with Gasteiger partial charge in [0, 0.05) is 32.7 Å². The summed E-state index contributed by atoms with van der Waals surface area (Å²) in [6.07, 6.45) is 4.73. The molecule has 0 unspecified atom stereocenters. The Morgan fingerprint density at radius 2 is 2.17 bits per heavy atom. The maximum Gasteiger partial charge on any atom is 0.272 e. The molecule has 2 aromatic heterocycles. The van der Waals surface area contributed by atoms with Crippen LogP contribution in [0.15, 0.2) is 30.7 Å².